The number of rotatable bonds is 5. The van der Waals surface area contributed by atoms with Crippen molar-refractivity contribution >= 4 is 34.2 Å². The van der Waals surface area contributed by atoms with Gasteiger partial charge in [-0.2, -0.15) is 0 Å². The third-order valence-electron chi connectivity index (χ3n) is 4.77. The molecule has 0 bridgehead atoms. The summed E-state index contributed by atoms with van der Waals surface area (Å²) in [5, 5.41) is 0. The molecule has 1 aliphatic rings. The van der Waals surface area contributed by atoms with Gasteiger partial charge in [0.1, 0.15) is 6.10 Å². The van der Waals surface area contributed by atoms with Crippen LogP contribution in [0.2, 0.25) is 0 Å². The van der Waals surface area contributed by atoms with Gasteiger partial charge in [0, 0.05) is 17.6 Å². The molecule has 0 spiro atoms. The maximum Gasteiger partial charge on any atom is 0.230 e. The van der Waals surface area contributed by atoms with Gasteiger partial charge in [-0.05, 0) is 30.5 Å². The Morgan fingerprint density at radius 3 is 2.70 bits per heavy atom. The van der Waals surface area contributed by atoms with Gasteiger partial charge in [0.2, 0.25) is 5.91 Å². The second-order valence-electron chi connectivity index (χ2n) is 5.86. The molecule has 1 amide bonds. The van der Waals surface area contributed by atoms with Gasteiger partial charge in [-0.25, -0.2) is 0 Å². The van der Waals surface area contributed by atoms with Crippen molar-refractivity contribution in [1.82, 2.24) is 4.90 Å². The van der Waals surface area contributed by atoms with E-state index in [0.717, 1.165) is 22.9 Å². The summed E-state index contributed by atoms with van der Waals surface area (Å²) in [6.07, 6.45) is 1.48. The first kappa shape index (κ1) is 20.4. The largest absolute Gasteiger partial charge is 0.370 e. The summed E-state index contributed by atoms with van der Waals surface area (Å²) in [4.78, 5) is 14.9. The van der Waals surface area contributed by atoms with Gasteiger partial charge in [0.15, 0.2) is 0 Å². The number of nitrogens with two attached hydrogens (primary N) is 1. The molecule has 1 saturated heterocycles. The predicted octanol–water partition coefficient (Wildman–Crippen LogP) is 3.54. The van der Waals surface area contributed by atoms with E-state index >= 15 is 0 Å². The highest BCUT2D eigenvalue weighted by molar-refractivity contribution is 9.10. The molecular formula is C17H26BrClN2O2. The van der Waals surface area contributed by atoms with Crippen molar-refractivity contribution < 1.29 is 9.53 Å². The highest BCUT2D eigenvalue weighted by atomic mass is 79.9. The molecule has 0 aliphatic carbocycles. The van der Waals surface area contributed by atoms with E-state index in [1.165, 1.54) is 0 Å². The summed E-state index contributed by atoms with van der Waals surface area (Å²) in [7, 11) is 0. The molecule has 6 heteroatoms. The van der Waals surface area contributed by atoms with E-state index < -0.39 is 5.41 Å². The number of nitrogens with zero attached hydrogens (tertiary/aromatic N) is 1. The lowest BCUT2D eigenvalue weighted by Crippen LogP contribution is -2.51. The van der Waals surface area contributed by atoms with Crippen molar-refractivity contribution in [1.29, 1.82) is 0 Å². The summed E-state index contributed by atoms with van der Waals surface area (Å²) in [6, 6.07) is 8.07. The topological polar surface area (TPSA) is 55.6 Å². The molecule has 0 aromatic heterocycles. The average molecular weight is 406 g/mol. The highest BCUT2D eigenvalue weighted by Crippen LogP contribution is 2.31. The van der Waals surface area contributed by atoms with Crippen LogP contribution in [-0.2, 0) is 9.53 Å². The van der Waals surface area contributed by atoms with Gasteiger partial charge >= 0.3 is 0 Å². The standard InChI is InChI=1S/C17H25BrN2O2.ClH/c1-3-17(4-2,12-19)16(21)20-8-9-22-15(11-20)13-6-5-7-14(18)10-13;/h5-7,10,15H,3-4,8-9,11-12,19H2,1-2H3;1H. The van der Waals surface area contributed by atoms with Crippen LogP contribution in [0.5, 0.6) is 0 Å². The zero-order valence-corrected chi connectivity index (χ0v) is 16.2. The van der Waals surface area contributed by atoms with E-state index in [-0.39, 0.29) is 24.4 Å². The van der Waals surface area contributed by atoms with Gasteiger partial charge in [-0.3, -0.25) is 4.79 Å². The van der Waals surface area contributed by atoms with Gasteiger partial charge in [-0.1, -0.05) is 41.9 Å². The van der Waals surface area contributed by atoms with Crippen molar-refractivity contribution in [3.63, 3.8) is 0 Å². The SMILES string of the molecule is CCC(CC)(CN)C(=O)N1CCOC(c2cccc(Br)c2)C1.Cl. The number of halogens is 2. The highest BCUT2D eigenvalue weighted by Gasteiger charge is 2.38. The van der Waals surface area contributed by atoms with E-state index in [1.807, 2.05) is 36.9 Å². The van der Waals surface area contributed by atoms with Crippen LogP contribution in [0, 0.1) is 5.41 Å². The van der Waals surface area contributed by atoms with Gasteiger partial charge in [-0.15, -0.1) is 12.4 Å². The van der Waals surface area contributed by atoms with E-state index in [1.54, 1.807) is 0 Å². The van der Waals surface area contributed by atoms with Gasteiger partial charge in [0.25, 0.3) is 0 Å². The molecule has 1 fully saturated rings. The molecule has 130 valence electrons. The number of amides is 1. The molecule has 4 nitrogen and oxygen atoms in total. The van der Waals surface area contributed by atoms with Crippen molar-refractivity contribution in [3.8, 4) is 0 Å². The van der Waals surface area contributed by atoms with E-state index in [9.17, 15) is 4.79 Å². The molecule has 1 unspecified atom stereocenters. The summed E-state index contributed by atoms with van der Waals surface area (Å²) >= 11 is 3.49. The average Bonchev–Trinajstić information content (AvgIpc) is 2.57. The number of hydrogen-bond acceptors (Lipinski definition) is 3. The second-order valence-corrected chi connectivity index (χ2v) is 6.77. The number of carbonyl (C=O) groups is 1. The van der Waals surface area contributed by atoms with Crippen molar-refractivity contribution in [2.45, 2.75) is 32.8 Å². The molecule has 1 aromatic carbocycles. The molecule has 0 radical (unpaired) electrons. The maximum atomic E-state index is 12.9. The first-order valence-corrected chi connectivity index (χ1v) is 8.72. The molecule has 0 saturated carbocycles. The summed E-state index contributed by atoms with van der Waals surface area (Å²) in [5.74, 6) is 0.170. The lowest BCUT2D eigenvalue weighted by molar-refractivity contribution is -0.150. The van der Waals surface area contributed by atoms with Crippen LogP contribution >= 0.6 is 28.3 Å². The summed E-state index contributed by atoms with van der Waals surface area (Å²) < 4.78 is 6.89. The van der Waals surface area contributed by atoms with Crippen LogP contribution in [-0.4, -0.2) is 37.0 Å². The summed E-state index contributed by atoms with van der Waals surface area (Å²) in [5.41, 5.74) is 6.58. The van der Waals surface area contributed by atoms with Crippen LogP contribution in [0.15, 0.2) is 28.7 Å². The number of carbonyl (C=O) groups excluding carboxylic acids is 1. The molecule has 1 aromatic rings. The lowest BCUT2D eigenvalue weighted by atomic mass is 9.80. The Kier molecular flexibility index (Phi) is 8.01. The third kappa shape index (κ3) is 4.47. The number of benzene rings is 1. The van der Waals surface area contributed by atoms with Crippen LogP contribution in [0.25, 0.3) is 0 Å². The third-order valence-corrected chi connectivity index (χ3v) is 5.27. The normalized spacial score (nSPS) is 18.4. The van der Waals surface area contributed by atoms with Crippen molar-refractivity contribution in [3.05, 3.63) is 34.3 Å². The predicted molar refractivity (Wildman–Crippen MR) is 98.7 cm³/mol. The molecule has 1 aliphatic heterocycles. The zero-order valence-electron chi connectivity index (χ0n) is 13.8. The summed E-state index contributed by atoms with van der Waals surface area (Å²) in [6.45, 7) is 6.29. The van der Waals surface area contributed by atoms with E-state index in [2.05, 4.69) is 22.0 Å². The van der Waals surface area contributed by atoms with Crippen LogP contribution in [0.4, 0.5) is 0 Å². The molecule has 23 heavy (non-hydrogen) atoms. The van der Waals surface area contributed by atoms with Crippen molar-refractivity contribution in [2.24, 2.45) is 11.1 Å². The molecule has 1 atom stereocenters. The molecule has 2 rings (SSSR count). The van der Waals surface area contributed by atoms with E-state index in [0.29, 0.717) is 26.2 Å². The Labute approximate surface area is 153 Å². The minimum atomic E-state index is -0.431. The van der Waals surface area contributed by atoms with Crippen LogP contribution in [0.3, 0.4) is 0 Å². The lowest BCUT2D eigenvalue weighted by Gasteiger charge is -2.39. The number of hydrogen-bond donors (Lipinski definition) is 1. The second kappa shape index (κ2) is 9.02. The quantitative estimate of drug-likeness (QED) is 0.815. The number of morpholine rings is 1. The zero-order chi connectivity index (χ0) is 16.2. The van der Waals surface area contributed by atoms with Gasteiger partial charge < -0.3 is 15.4 Å². The number of ether oxygens (including phenoxy) is 1. The fraction of sp³-hybridized carbons (Fsp3) is 0.588. The minimum Gasteiger partial charge on any atom is -0.370 e. The van der Waals surface area contributed by atoms with Crippen molar-refractivity contribution in [2.75, 3.05) is 26.2 Å². The Hall–Kier alpha value is -0.620. The first-order valence-electron chi connectivity index (χ1n) is 7.92. The Morgan fingerprint density at radius 2 is 2.13 bits per heavy atom. The Balaban J connectivity index is 0.00000264. The first-order chi connectivity index (χ1) is 10.6. The molecular weight excluding hydrogens is 380 g/mol. The van der Waals surface area contributed by atoms with E-state index in [4.69, 9.17) is 10.5 Å². The fourth-order valence-corrected chi connectivity index (χ4v) is 3.42. The minimum absolute atomic E-state index is 0. The Bertz CT molecular complexity index is 515. The monoisotopic (exact) mass is 404 g/mol. The van der Waals surface area contributed by atoms with Gasteiger partial charge in [0.05, 0.1) is 18.6 Å². The van der Waals surface area contributed by atoms with Crippen LogP contribution < -0.4 is 5.73 Å². The Morgan fingerprint density at radius 1 is 1.43 bits per heavy atom. The fourth-order valence-electron chi connectivity index (χ4n) is 3.01. The molecule has 2 N–H and O–H groups in total. The smallest absolute Gasteiger partial charge is 0.230 e. The molecule has 1 heterocycles. The maximum absolute atomic E-state index is 12.9. The van der Waals surface area contributed by atoms with Crippen LogP contribution in [0.1, 0.15) is 38.4 Å².